The lowest BCUT2D eigenvalue weighted by Crippen LogP contribution is -2.26. The Morgan fingerprint density at radius 1 is 1.04 bits per heavy atom. The van der Waals surface area contributed by atoms with Crippen LogP contribution in [0.15, 0.2) is 70.0 Å². The summed E-state index contributed by atoms with van der Waals surface area (Å²) >= 11 is 0. The van der Waals surface area contributed by atoms with Gasteiger partial charge in [-0.15, -0.1) is 0 Å². The number of carbonyl (C=O) groups excluding carboxylic acids is 1. The number of sulfonamides is 1. The molecule has 0 saturated carbocycles. The van der Waals surface area contributed by atoms with Gasteiger partial charge in [0.1, 0.15) is 11.6 Å². The summed E-state index contributed by atoms with van der Waals surface area (Å²) in [5.74, 6) is -0.335. The van der Waals surface area contributed by atoms with Crippen molar-refractivity contribution in [2.45, 2.75) is 11.4 Å². The molecule has 0 bridgehead atoms. The van der Waals surface area contributed by atoms with Gasteiger partial charge in [0, 0.05) is 26.2 Å². The molecule has 0 aliphatic rings. The molecule has 0 unspecified atom stereocenters. The fraction of sp³-hybridized carbons (Fsp3) is 0.150. The van der Waals surface area contributed by atoms with Crippen molar-refractivity contribution in [2.24, 2.45) is 0 Å². The van der Waals surface area contributed by atoms with Crippen molar-refractivity contribution in [3.63, 3.8) is 0 Å². The molecule has 0 aliphatic carbocycles. The van der Waals surface area contributed by atoms with Crippen LogP contribution in [0.1, 0.15) is 16.1 Å². The Morgan fingerprint density at radius 2 is 1.71 bits per heavy atom. The summed E-state index contributed by atoms with van der Waals surface area (Å²) in [4.78, 5) is 12.5. The molecule has 0 atom stereocenters. The number of furan rings is 1. The largest absolute Gasteiger partial charge is 0.451 e. The highest BCUT2D eigenvalue weighted by molar-refractivity contribution is 7.89. The molecule has 1 heterocycles. The summed E-state index contributed by atoms with van der Waals surface area (Å²) in [6.45, 7) is 0.0225. The molecule has 1 amide bonds. The van der Waals surface area contributed by atoms with E-state index in [-0.39, 0.29) is 23.0 Å². The topological polar surface area (TPSA) is 79.6 Å². The SMILES string of the molecule is CN(C)S(=O)(=O)c1ccccc1CNC(=O)c1ccc(-c2ccc(F)cc2)o1. The van der Waals surface area contributed by atoms with Crippen LogP contribution in [0.2, 0.25) is 0 Å². The van der Waals surface area contributed by atoms with E-state index in [9.17, 15) is 17.6 Å². The zero-order valence-corrected chi connectivity index (χ0v) is 16.2. The molecule has 0 radical (unpaired) electrons. The van der Waals surface area contributed by atoms with Crippen LogP contribution in [0, 0.1) is 5.82 Å². The average Bonchev–Trinajstić information content (AvgIpc) is 3.17. The van der Waals surface area contributed by atoms with E-state index in [1.54, 1.807) is 36.4 Å². The molecule has 2 aromatic carbocycles. The van der Waals surface area contributed by atoms with Crippen LogP contribution in [-0.4, -0.2) is 32.7 Å². The van der Waals surface area contributed by atoms with Crippen LogP contribution in [0.4, 0.5) is 4.39 Å². The molecule has 1 aromatic heterocycles. The molecule has 0 fully saturated rings. The molecule has 28 heavy (non-hydrogen) atoms. The maximum absolute atomic E-state index is 13.0. The van der Waals surface area contributed by atoms with E-state index in [1.807, 2.05) is 0 Å². The second-order valence-corrected chi connectivity index (χ2v) is 8.37. The number of nitrogens with zero attached hydrogens (tertiary/aromatic N) is 1. The van der Waals surface area contributed by atoms with Crippen molar-refractivity contribution in [1.29, 1.82) is 0 Å². The zero-order valence-electron chi connectivity index (χ0n) is 15.3. The summed E-state index contributed by atoms with van der Waals surface area (Å²) in [5, 5.41) is 2.66. The maximum Gasteiger partial charge on any atom is 0.287 e. The minimum Gasteiger partial charge on any atom is -0.451 e. The van der Waals surface area contributed by atoms with E-state index in [1.165, 1.54) is 38.4 Å². The zero-order chi connectivity index (χ0) is 20.3. The van der Waals surface area contributed by atoms with Gasteiger partial charge < -0.3 is 9.73 Å². The van der Waals surface area contributed by atoms with Crippen LogP contribution >= 0.6 is 0 Å². The molecular weight excluding hydrogens is 383 g/mol. The van der Waals surface area contributed by atoms with E-state index >= 15 is 0 Å². The Balaban J connectivity index is 1.75. The van der Waals surface area contributed by atoms with Crippen LogP contribution in [0.5, 0.6) is 0 Å². The Hall–Kier alpha value is -2.97. The van der Waals surface area contributed by atoms with Crippen molar-refractivity contribution in [2.75, 3.05) is 14.1 Å². The van der Waals surface area contributed by atoms with Crippen LogP contribution < -0.4 is 5.32 Å². The standard InChI is InChI=1S/C20H19FN2O4S/c1-23(2)28(25,26)19-6-4-3-5-15(19)13-22-20(24)18-12-11-17(27-18)14-7-9-16(21)10-8-14/h3-12H,13H2,1-2H3,(H,22,24). The highest BCUT2D eigenvalue weighted by atomic mass is 32.2. The summed E-state index contributed by atoms with van der Waals surface area (Å²) in [6.07, 6.45) is 0. The number of amides is 1. The van der Waals surface area contributed by atoms with E-state index in [0.29, 0.717) is 16.9 Å². The van der Waals surface area contributed by atoms with Gasteiger partial charge in [0.15, 0.2) is 5.76 Å². The van der Waals surface area contributed by atoms with E-state index in [0.717, 1.165) is 4.31 Å². The Bertz CT molecular complexity index is 1090. The number of halogens is 1. The molecule has 0 saturated heterocycles. The van der Waals surface area contributed by atoms with Crippen LogP contribution in [-0.2, 0) is 16.6 Å². The van der Waals surface area contributed by atoms with E-state index in [2.05, 4.69) is 5.32 Å². The highest BCUT2D eigenvalue weighted by Crippen LogP contribution is 2.23. The van der Waals surface area contributed by atoms with Gasteiger partial charge in [-0.25, -0.2) is 17.1 Å². The van der Waals surface area contributed by atoms with Gasteiger partial charge in [0.25, 0.3) is 5.91 Å². The normalized spacial score (nSPS) is 11.6. The average molecular weight is 402 g/mol. The third-order valence-corrected chi connectivity index (χ3v) is 6.04. The Labute approximate surface area is 162 Å². The van der Waals surface area contributed by atoms with Crippen LogP contribution in [0.3, 0.4) is 0 Å². The maximum atomic E-state index is 13.0. The number of nitrogens with one attached hydrogen (secondary N) is 1. The first-order valence-corrected chi connectivity index (χ1v) is 9.87. The van der Waals surface area contributed by atoms with Gasteiger partial charge >= 0.3 is 0 Å². The molecule has 0 spiro atoms. The number of hydrogen-bond donors (Lipinski definition) is 1. The van der Waals surface area contributed by atoms with Gasteiger partial charge in [-0.1, -0.05) is 18.2 Å². The van der Waals surface area contributed by atoms with Crippen molar-refractivity contribution in [3.8, 4) is 11.3 Å². The van der Waals surface area contributed by atoms with Gasteiger partial charge in [-0.05, 0) is 48.0 Å². The number of benzene rings is 2. The molecular formula is C20H19FN2O4S. The van der Waals surface area contributed by atoms with Gasteiger partial charge in [-0.3, -0.25) is 4.79 Å². The predicted molar refractivity (Wildman–Crippen MR) is 103 cm³/mol. The Kier molecular flexibility index (Phi) is 5.62. The Morgan fingerprint density at radius 3 is 2.39 bits per heavy atom. The summed E-state index contributed by atoms with van der Waals surface area (Å²) < 4.78 is 44.5. The fourth-order valence-corrected chi connectivity index (χ4v) is 3.71. The second-order valence-electron chi connectivity index (χ2n) is 6.25. The summed E-state index contributed by atoms with van der Waals surface area (Å²) in [5.41, 5.74) is 1.11. The fourth-order valence-electron chi connectivity index (χ4n) is 2.59. The van der Waals surface area contributed by atoms with Crippen molar-refractivity contribution >= 4 is 15.9 Å². The third kappa shape index (κ3) is 4.13. The third-order valence-electron chi connectivity index (χ3n) is 4.13. The monoisotopic (exact) mass is 402 g/mol. The predicted octanol–water partition coefficient (Wildman–Crippen LogP) is 3.27. The van der Waals surface area contributed by atoms with Gasteiger partial charge in [0.2, 0.25) is 10.0 Å². The van der Waals surface area contributed by atoms with Gasteiger partial charge in [-0.2, -0.15) is 0 Å². The summed E-state index contributed by atoms with van der Waals surface area (Å²) in [6, 6.07) is 15.3. The molecule has 3 rings (SSSR count). The smallest absolute Gasteiger partial charge is 0.287 e. The lowest BCUT2D eigenvalue weighted by atomic mass is 10.2. The molecule has 146 valence electrons. The number of carbonyl (C=O) groups is 1. The van der Waals surface area contributed by atoms with E-state index < -0.39 is 15.9 Å². The molecule has 3 aromatic rings. The summed E-state index contributed by atoms with van der Waals surface area (Å²) in [7, 11) is -0.730. The van der Waals surface area contributed by atoms with Crippen molar-refractivity contribution in [3.05, 3.63) is 77.8 Å². The van der Waals surface area contributed by atoms with Crippen molar-refractivity contribution in [1.82, 2.24) is 9.62 Å². The second kappa shape index (κ2) is 7.95. The highest BCUT2D eigenvalue weighted by Gasteiger charge is 2.21. The minimum absolute atomic E-state index is 0.0225. The number of rotatable bonds is 6. The first kappa shape index (κ1) is 19.8. The van der Waals surface area contributed by atoms with Crippen molar-refractivity contribution < 1.29 is 22.0 Å². The van der Waals surface area contributed by atoms with Crippen LogP contribution in [0.25, 0.3) is 11.3 Å². The lowest BCUT2D eigenvalue weighted by molar-refractivity contribution is 0.0923. The molecule has 1 N–H and O–H groups in total. The minimum atomic E-state index is -3.63. The van der Waals surface area contributed by atoms with Gasteiger partial charge in [0.05, 0.1) is 4.90 Å². The molecule has 8 heteroatoms. The van der Waals surface area contributed by atoms with E-state index in [4.69, 9.17) is 4.42 Å². The lowest BCUT2D eigenvalue weighted by Gasteiger charge is -2.15. The first-order valence-electron chi connectivity index (χ1n) is 8.43. The first-order chi connectivity index (χ1) is 13.3. The quantitative estimate of drug-likeness (QED) is 0.686. The number of hydrogen-bond acceptors (Lipinski definition) is 4. The molecule has 6 nitrogen and oxygen atoms in total. The molecule has 0 aliphatic heterocycles.